The number of benzene rings is 1. The van der Waals surface area contributed by atoms with Gasteiger partial charge in [-0.2, -0.15) is 0 Å². The van der Waals surface area contributed by atoms with Crippen molar-refractivity contribution in [3.8, 4) is 0 Å². The Bertz CT molecular complexity index is 504. The lowest BCUT2D eigenvalue weighted by molar-refractivity contribution is -0.141. The van der Waals surface area contributed by atoms with Crippen molar-refractivity contribution in [1.29, 1.82) is 0 Å². The number of nitrogens with zero attached hydrogens (tertiary/aromatic N) is 1. The molecule has 0 fully saturated rings. The zero-order valence-corrected chi connectivity index (χ0v) is 13.4. The lowest BCUT2D eigenvalue weighted by Crippen LogP contribution is -2.46. The normalized spacial score (nSPS) is 14.9. The molecular weight excluding hydrogens is 292 g/mol. The average Bonchev–Trinajstić information content (AvgIpc) is 2.45. The number of hydrogen-bond acceptors (Lipinski definition) is 2. The summed E-state index contributed by atoms with van der Waals surface area (Å²) >= 11 is 5.84. The van der Waals surface area contributed by atoms with Crippen LogP contribution in [0.4, 0.5) is 4.79 Å². The molecule has 6 heteroatoms. The number of nitrogens with one attached hydrogen (secondary N) is 1. The van der Waals surface area contributed by atoms with Gasteiger partial charge in [-0.3, -0.25) is 4.79 Å². The highest BCUT2D eigenvalue weighted by atomic mass is 35.5. The Labute approximate surface area is 129 Å². The van der Waals surface area contributed by atoms with Gasteiger partial charge in [-0.1, -0.05) is 23.7 Å². The molecule has 3 unspecified atom stereocenters. The minimum Gasteiger partial charge on any atom is -0.481 e. The largest absolute Gasteiger partial charge is 0.481 e. The fourth-order valence-corrected chi connectivity index (χ4v) is 1.90. The lowest BCUT2D eigenvalue weighted by atomic mass is 10.0. The van der Waals surface area contributed by atoms with Crippen molar-refractivity contribution in [1.82, 2.24) is 10.2 Å². The van der Waals surface area contributed by atoms with Crippen molar-refractivity contribution in [2.24, 2.45) is 5.92 Å². The maximum Gasteiger partial charge on any atom is 0.317 e. The van der Waals surface area contributed by atoms with Crippen LogP contribution in [-0.2, 0) is 4.79 Å². The molecule has 0 radical (unpaired) electrons. The van der Waals surface area contributed by atoms with Gasteiger partial charge < -0.3 is 15.3 Å². The van der Waals surface area contributed by atoms with E-state index in [1.807, 2.05) is 19.1 Å². The minimum absolute atomic E-state index is 0.144. The van der Waals surface area contributed by atoms with Crippen molar-refractivity contribution in [2.75, 3.05) is 7.05 Å². The first-order valence-electron chi connectivity index (χ1n) is 6.75. The summed E-state index contributed by atoms with van der Waals surface area (Å²) < 4.78 is 0. The van der Waals surface area contributed by atoms with Crippen LogP contribution in [0, 0.1) is 5.92 Å². The molecule has 2 N–H and O–H groups in total. The summed E-state index contributed by atoms with van der Waals surface area (Å²) in [5.41, 5.74) is 0.955. The standard InChI is InChI=1S/C15H21ClN2O3/c1-9(14(19)20)10(2)17-15(21)18(4)11(3)12-5-7-13(16)8-6-12/h5-11H,1-4H3,(H,17,21)(H,19,20). The highest BCUT2D eigenvalue weighted by Crippen LogP contribution is 2.21. The topological polar surface area (TPSA) is 69.6 Å². The molecule has 1 rings (SSSR count). The van der Waals surface area contributed by atoms with Crippen molar-refractivity contribution in [3.05, 3.63) is 34.9 Å². The van der Waals surface area contributed by atoms with Gasteiger partial charge >= 0.3 is 12.0 Å². The Morgan fingerprint density at radius 2 is 1.71 bits per heavy atom. The monoisotopic (exact) mass is 312 g/mol. The minimum atomic E-state index is -0.934. The summed E-state index contributed by atoms with van der Waals surface area (Å²) in [6.07, 6.45) is 0. The third-order valence-corrected chi connectivity index (χ3v) is 4.00. The molecule has 0 aliphatic rings. The Morgan fingerprint density at radius 3 is 2.19 bits per heavy atom. The van der Waals surface area contributed by atoms with Gasteiger partial charge in [0.1, 0.15) is 0 Å². The molecule has 0 saturated heterocycles. The number of carbonyl (C=O) groups excluding carboxylic acids is 1. The van der Waals surface area contributed by atoms with Gasteiger partial charge in [0.05, 0.1) is 12.0 Å². The second-order valence-electron chi connectivity index (χ2n) is 5.20. The third-order valence-electron chi connectivity index (χ3n) is 3.74. The van der Waals surface area contributed by atoms with E-state index in [9.17, 15) is 9.59 Å². The zero-order valence-electron chi connectivity index (χ0n) is 12.6. The molecule has 3 atom stereocenters. The highest BCUT2D eigenvalue weighted by Gasteiger charge is 2.24. The summed E-state index contributed by atoms with van der Waals surface area (Å²) in [6.45, 7) is 5.14. The zero-order chi connectivity index (χ0) is 16.2. The molecule has 0 aromatic heterocycles. The number of amides is 2. The maximum absolute atomic E-state index is 12.2. The molecule has 0 spiro atoms. The van der Waals surface area contributed by atoms with E-state index in [-0.39, 0.29) is 12.1 Å². The fraction of sp³-hybridized carbons (Fsp3) is 0.467. The molecule has 116 valence electrons. The van der Waals surface area contributed by atoms with E-state index < -0.39 is 17.9 Å². The van der Waals surface area contributed by atoms with Crippen LogP contribution >= 0.6 is 11.6 Å². The van der Waals surface area contributed by atoms with Crippen molar-refractivity contribution >= 4 is 23.6 Å². The Balaban J connectivity index is 2.69. The number of carboxylic acids is 1. The van der Waals surface area contributed by atoms with Crippen LogP contribution in [0.15, 0.2) is 24.3 Å². The summed E-state index contributed by atoms with van der Waals surface area (Å²) in [5, 5.41) is 12.3. The predicted molar refractivity (Wildman–Crippen MR) is 82.4 cm³/mol. The van der Waals surface area contributed by atoms with Crippen molar-refractivity contribution < 1.29 is 14.7 Å². The number of aliphatic carboxylic acids is 1. The van der Waals surface area contributed by atoms with E-state index in [2.05, 4.69) is 5.32 Å². The number of urea groups is 1. The van der Waals surface area contributed by atoms with E-state index in [1.54, 1.807) is 33.0 Å². The van der Waals surface area contributed by atoms with Crippen LogP contribution in [0.3, 0.4) is 0 Å². The third kappa shape index (κ3) is 4.63. The first-order chi connectivity index (χ1) is 9.73. The molecule has 0 aliphatic carbocycles. The Kier molecular flexibility index (Phi) is 6.03. The van der Waals surface area contributed by atoms with Gasteiger partial charge in [0.25, 0.3) is 0 Å². The Hall–Kier alpha value is -1.75. The van der Waals surface area contributed by atoms with E-state index in [0.29, 0.717) is 5.02 Å². The molecule has 0 bridgehead atoms. The summed E-state index contributed by atoms with van der Waals surface area (Å²) in [7, 11) is 1.67. The summed E-state index contributed by atoms with van der Waals surface area (Å²) in [5.74, 6) is -1.58. The fourth-order valence-electron chi connectivity index (χ4n) is 1.78. The summed E-state index contributed by atoms with van der Waals surface area (Å²) in [4.78, 5) is 24.6. The molecule has 0 aliphatic heterocycles. The maximum atomic E-state index is 12.2. The number of hydrogen-bond donors (Lipinski definition) is 2. The Morgan fingerprint density at radius 1 is 1.19 bits per heavy atom. The predicted octanol–water partition coefficient (Wildman–Crippen LogP) is 3.15. The van der Waals surface area contributed by atoms with Gasteiger partial charge in [0, 0.05) is 18.1 Å². The molecule has 0 saturated carbocycles. The first-order valence-corrected chi connectivity index (χ1v) is 7.13. The molecule has 5 nitrogen and oxygen atoms in total. The molecular formula is C15H21ClN2O3. The number of halogens is 1. The van der Waals surface area contributed by atoms with Gasteiger partial charge in [0.15, 0.2) is 0 Å². The van der Waals surface area contributed by atoms with Gasteiger partial charge in [0.2, 0.25) is 0 Å². The quantitative estimate of drug-likeness (QED) is 0.877. The number of carbonyl (C=O) groups is 2. The van der Waals surface area contributed by atoms with Crippen LogP contribution < -0.4 is 5.32 Å². The second-order valence-corrected chi connectivity index (χ2v) is 5.64. The lowest BCUT2D eigenvalue weighted by Gasteiger charge is -2.28. The van der Waals surface area contributed by atoms with E-state index in [0.717, 1.165) is 5.56 Å². The number of rotatable bonds is 5. The summed E-state index contributed by atoms with van der Waals surface area (Å²) in [6, 6.07) is 6.37. The van der Waals surface area contributed by atoms with Crippen LogP contribution in [-0.4, -0.2) is 35.1 Å². The van der Waals surface area contributed by atoms with Gasteiger partial charge in [-0.25, -0.2) is 4.79 Å². The van der Waals surface area contributed by atoms with Gasteiger partial charge in [-0.15, -0.1) is 0 Å². The van der Waals surface area contributed by atoms with Crippen LogP contribution in [0.2, 0.25) is 5.02 Å². The molecule has 21 heavy (non-hydrogen) atoms. The smallest absolute Gasteiger partial charge is 0.317 e. The first kappa shape index (κ1) is 17.3. The van der Waals surface area contributed by atoms with E-state index in [4.69, 9.17) is 16.7 Å². The average molecular weight is 313 g/mol. The van der Waals surface area contributed by atoms with Gasteiger partial charge in [-0.05, 0) is 38.5 Å². The van der Waals surface area contributed by atoms with Crippen LogP contribution in [0.5, 0.6) is 0 Å². The molecule has 2 amide bonds. The van der Waals surface area contributed by atoms with E-state index in [1.165, 1.54) is 4.90 Å². The molecule has 1 aromatic rings. The van der Waals surface area contributed by atoms with Crippen LogP contribution in [0.1, 0.15) is 32.4 Å². The van der Waals surface area contributed by atoms with E-state index >= 15 is 0 Å². The SMILES string of the molecule is CC(NC(=O)N(C)C(C)c1ccc(Cl)cc1)C(C)C(=O)O. The highest BCUT2D eigenvalue weighted by molar-refractivity contribution is 6.30. The molecule has 1 aromatic carbocycles. The van der Waals surface area contributed by atoms with Crippen LogP contribution in [0.25, 0.3) is 0 Å². The molecule has 0 heterocycles. The van der Waals surface area contributed by atoms with Crippen molar-refractivity contribution in [2.45, 2.75) is 32.9 Å². The number of carboxylic acid groups (broad SMARTS) is 1. The second kappa shape index (κ2) is 7.31. The van der Waals surface area contributed by atoms with Crippen molar-refractivity contribution in [3.63, 3.8) is 0 Å².